The van der Waals surface area contributed by atoms with Crippen molar-refractivity contribution in [2.45, 2.75) is 31.6 Å². The summed E-state index contributed by atoms with van der Waals surface area (Å²) in [5.74, 6) is 1.38. The maximum Gasteiger partial charge on any atom is 0.253 e. The molecule has 1 atom stereocenters. The molecule has 1 unspecified atom stereocenters. The van der Waals surface area contributed by atoms with Crippen LogP contribution in [0.4, 0.5) is 0 Å². The molecule has 10 nitrogen and oxygen atoms in total. The van der Waals surface area contributed by atoms with E-state index in [2.05, 4.69) is 37.4 Å². The standard InChI is InChI=1S/C20H27N7O3.ClH/c1-13(12-26-6-8-29-9-7-26)19-24-25-20(30-19)15-11-22-27-16(10-17(28)23-18(15)27)14-2-4-21-5-3-14;/h10-11,13-14,21H,2-9,12H2,1H3,(H,23,28);1H. The summed E-state index contributed by atoms with van der Waals surface area (Å²) in [4.78, 5) is 17.6. The van der Waals surface area contributed by atoms with Gasteiger partial charge in [-0.25, -0.2) is 4.52 Å². The van der Waals surface area contributed by atoms with E-state index in [9.17, 15) is 4.79 Å². The van der Waals surface area contributed by atoms with Gasteiger partial charge in [-0.1, -0.05) is 6.92 Å². The zero-order chi connectivity index (χ0) is 20.5. The van der Waals surface area contributed by atoms with Crippen LogP contribution in [0.2, 0.25) is 0 Å². The monoisotopic (exact) mass is 449 g/mol. The Kier molecular flexibility index (Phi) is 6.71. The Morgan fingerprint density at radius 3 is 2.77 bits per heavy atom. The van der Waals surface area contributed by atoms with E-state index in [-0.39, 0.29) is 23.9 Å². The number of rotatable bonds is 5. The average Bonchev–Trinajstić information content (AvgIpc) is 3.41. The first kappa shape index (κ1) is 21.9. The first-order chi connectivity index (χ1) is 14.7. The predicted octanol–water partition coefficient (Wildman–Crippen LogP) is 1.40. The molecular formula is C20H28ClN7O3. The van der Waals surface area contributed by atoms with Gasteiger partial charge in [-0.2, -0.15) is 5.10 Å². The number of H-pyrrole nitrogens is 1. The van der Waals surface area contributed by atoms with Crippen LogP contribution in [-0.2, 0) is 4.74 Å². The van der Waals surface area contributed by atoms with Gasteiger partial charge in [0, 0.05) is 37.5 Å². The first-order valence-corrected chi connectivity index (χ1v) is 10.6. The number of nitrogens with zero attached hydrogens (tertiary/aromatic N) is 5. The van der Waals surface area contributed by atoms with Crippen molar-refractivity contribution in [2.75, 3.05) is 45.9 Å². The number of hydrogen-bond donors (Lipinski definition) is 2. The minimum Gasteiger partial charge on any atom is -0.420 e. The number of halogens is 1. The van der Waals surface area contributed by atoms with Gasteiger partial charge in [0.25, 0.3) is 11.4 Å². The Labute approximate surface area is 185 Å². The Morgan fingerprint density at radius 1 is 1.23 bits per heavy atom. The van der Waals surface area contributed by atoms with Crippen LogP contribution < -0.4 is 10.9 Å². The summed E-state index contributed by atoms with van der Waals surface area (Å²) in [6, 6.07) is 1.66. The molecule has 0 radical (unpaired) electrons. The van der Waals surface area contributed by atoms with E-state index in [0.717, 1.165) is 64.5 Å². The molecule has 3 aromatic rings. The third-order valence-electron chi connectivity index (χ3n) is 6.02. The Morgan fingerprint density at radius 2 is 2.00 bits per heavy atom. The fourth-order valence-electron chi connectivity index (χ4n) is 4.37. The SMILES string of the molecule is CC(CN1CCOCC1)c1nnc(-c2cnn3c(C4CCNCC4)cc(=O)[nH]c23)o1.Cl. The highest BCUT2D eigenvalue weighted by Crippen LogP contribution is 2.28. The van der Waals surface area contributed by atoms with Gasteiger partial charge < -0.3 is 19.5 Å². The van der Waals surface area contributed by atoms with Gasteiger partial charge >= 0.3 is 0 Å². The van der Waals surface area contributed by atoms with Gasteiger partial charge in [-0.15, -0.1) is 22.6 Å². The van der Waals surface area contributed by atoms with Crippen molar-refractivity contribution in [3.05, 3.63) is 34.2 Å². The Bertz CT molecular complexity index is 1070. The van der Waals surface area contributed by atoms with Crippen molar-refractivity contribution in [3.8, 4) is 11.5 Å². The van der Waals surface area contributed by atoms with Crippen LogP contribution in [0.15, 0.2) is 21.5 Å². The van der Waals surface area contributed by atoms with Crippen molar-refractivity contribution in [3.63, 3.8) is 0 Å². The molecule has 2 saturated heterocycles. The number of fused-ring (bicyclic) bond motifs is 1. The van der Waals surface area contributed by atoms with Gasteiger partial charge in [0.1, 0.15) is 11.2 Å². The highest BCUT2D eigenvalue weighted by molar-refractivity contribution is 5.85. The minimum atomic E-state index is -0.141. The van der Waals surface area contributed by atoms with Crippen molar-refractivity contribution >= 4 is 18.1 Å². The molecule has 0 bridgehead atoms. The molecular weight excluding hydrogens is 422 g/mol. The second kappa shape index (κ2) is 9.47. The average molecular weight is 450 g/mol. The third kappa shape index (κ3) is 4.52. The van der Waals surface area contributed by atoms with E-state index < -0.39 is 0 Å². The minimum absolute atomic E-state index is 0. The van der Waals surface area contributed by atoms with E-state index in [1.54, 1.807) is 12.3 Å². The van der Waals surface area contributed by atoms with Gasteiger partial charge in [0.05, 0.1) is 25.1 Å². The van der Waals surface area contributed by atoms with Crippen LogP contribution >= 0.6 is 12.4 Å². The number of aromatic nitrogens is 5. The number of morpholine rings is 1. The normalized spacial score (nSPS) is 19.4. The molecule has 0 aliphatic carbocycles. The van der Waals surface area contributed by atoms with Crippen LogP contribution in [0.25, 0.3) is 17.1 Å². The Hall–Kier alpha value is -2.27. The highest BCUT2D eigenvalue weighted by atomic mass is 35.5. The molecule has 0 amide bonds. The van der Waals surface area contributed by atoms with Crippen molar-refractivity contribution < 1.29 is 9.15 Å². The number of piperidine rings is 1. The fraction of sp³-hybridized carbons (Fsp3) is 0.600. The second-order valence-electron chi connectivity index (χ2n) is 8.16. The second-order valence-corrected chi connectivity index (χ2v) is 8.16. The predicted molar refractivity (Wildman–Crippen MR) is 117 cm³/mol. The lowest BCUT2D eigenvalue weighted by Crippen LogP contribution is -2.38. The molecule has 5 heterocycles. The molecule has 0 spiro atoms. The van der Waals surface area contributed by atoms with Crippen LogP contribution in [0.5, 0.6) is 0 Å². The molecule has 2 fully saturated rings. The smallest absolute Gasteiger partial charge is 0.253 e. The number of hydrogen-bond acceptors (Lipinski definition) is 8. The van der Waals surface area contributed by atoms with Gasteiger partial charge in [0.2, 0.25) is 5.89 Å². The summed E-state index contributed by atoms with van der Waals surface area (Å²) in [6.45, 7) is 8.17. The lowest BCUT2D eigenvalue weighted by Gasteiger charge is -2.27. The highest BCUT2D eigenvalue weighted by Gasteiger charge is 2.24. The lowest BCUT2D eigenvalue weighted by molar-refractivity contribution is 0.0347. The summed E-state index contributed by atoms with van der Waals surface area (Å²) >= 11 is 0. The van der Waals surface area contributed by atoms with E-state index >= 15 is 0 Å². The summed E-state index contributed by atoms with van der Waals surface area (Å²) in [7, 11) is 0. The first-order valence-electron chi connectivity index (χ1n) is 10.6. The molecule has 0 aromatic carbocycles. The number of ether oxygens (including phenoxy) is 1. The maximum atomic E-state index is 12.4. The van der Waals surface area contributed by atoms with Crippen molar-refractivity contribution in [2.24, 2.45) is 0 Å². The molecule has 2 N–H and O–H groups in total. The molecule has 0 saturated carbocycles. The summed E-state index contributed by atoms with van der Waals surface area (Å²) < 4.78 is 13.2. The van der Waals surface area contributed by atoms with Gasteiger partial charge in [-0.3, -0.25) is 9.69 Å². The van der Waals surface area contributed by atoms with Crippen LogP contribution in [0, 0.1) is 0 Å². The molecule has 11 heteroatoms. The van der Waals surface area contributed by atoms with Crippen molar-refractivity contribution in [1.29, 1.82) is 0 Å². The topological polar surface area (TPSA) is 114 Å². The molecule has 5 rings (SSSR count). The zero-order valence-corrected chi connectivity index (χ0v) is 18.4. The Balaban J connectivity index is 0.00000231. The molecule has 168 valence electrons. The van der Waals surface area contributed by atoms with Crippen LogP contribution in [0.1, 0.15) is 43.2 Å². The molecule has 31 heavy (non-hydrogen) atoms. The third-order valence-corrected chi connectivity index (χ3v) is 6.02. The van der Waals surface area contributed by atoms with Gasteiger partial charge in [0.15, 0.2) is 0 Å². The van der Waals surface area contributed by atoms with E-state index in [4.69, 9.17) is 9.15 Å². The van der Waals surface area contributed by atoms with Crippen molar-refractivity contribution in [1.82, 2.24) is 35.0 Å². The van der Waals surface area contributed by atoms with Crippen LogP contribution in [0.3, 0.4) is 0 Å². The number of nitrogens with one attached hydrogen (secondary N) is 2. The van der Waals surface area contributed by atoms with E-state index in [1.165, 1.54) is 0 Å². The van der Waals surface area contributed by atoms with Crippen LogP contribution in [-0.4, -0.2) is 75.6 Å². The zero-order valence-electron chi connectivity index (χ0n) is 17.5. The van der Waals surface area contributed by atoms with E-state index in [1.807, 2.05) is 4.52 Å². The maximum absolute atomic E-state index is 12.4. The lowest BCUT2D eigenvalue weighted by atomic mass is 9.94. The summed E-state index contributed by atoms with van der Waals surface area (Å²) in [5.41, 5.74) is 2.05. The largest absolute Gasteiger partial charge is 0.420 e. The fourth-order valence-corrected chi connectivity index (χ4v) is 4.37. The van der Waals surface area contributed by atoms with Gasteiger partial charge in [-0.05, 0) is 25.9 Å². The molecule has 2 aliphatic rings. The summed E-state index contributed by atoms with van der Waals surface area (Å²) in [5, 5.41) is 16.4. The molecule has 2 aliphatic heterocycles. The quantitative estimate of drug-likeness (QED) is 0.600. The number of aromatic amines is 1. The molecule has 3 aromatic heterocycles. The summed E-state index contributed by atoms with van der Waals surface area (Å²) in [6.07, 6.45) is 3.66. The van der Waals surface area contributed by atoms with E-state index in [0.29, 0.717) is 28.9 Å².